The second kappa shape index (κ2) is 11.5. The minimum atomic E-state index is -0.282. The highest BCUT2D eigenvalue weighted by atomic mass is 16.3. The maximum Gasteiger partial charge on any atom is 0.260 e. The molecule has 1 aliphatic carbocycles. The topological polar surface area (TPSA) is 86.5 Å². The third-order valence-electron chi connectivity index (χ3n) is 8.68. The summed E-state index contributed by atoms with van der Waals surface area (Å²) >= 11 is 0. The predicted octanol–water partition coefficient (Wildman–Crippen LogP) is 4.94. The Morgan fingerprint density at radius 3 is 2.44 bits per heavy atom. The third-order valence-corrected chi connectivity index (χ3v) is 8.68. The highest BCUT2D eigenvalue weighted by Gasteiger charge is 2.27. The number of fused-ring (bicyclic) bond motifs is 3. The molecule has 1 saturated heterocycles. The zero-order valence-electron chi connectivity index (χ0n) is 24.4. The summed E-state index contributed by atoms with van der Waals surface area (Å²) in [5.74, 6) is 0.567. The number of piperazine rings is 1. The lowest BCUT2D eigenvalue weighted by Crippen LogP contribution is -2.53. The molecule has 1 saturated carbocycles. The van der Waals surface area contributed by atoms with Gasteiger partial charge in [-0.05, 0) is 76.8 Å². The van der Waals surface area contributed by atoms with Crippen LogP contribution in [0.3, 0.4) is 0 Å². The summed E-state index contributed by atoms with van der Waals surface area (Å²) in [6.45, 7) is 16.2. The molecule has 0 unspecified atom stereocenters. The first kappa shape index (κ1) is 28.0. The van der Waals surface area contributed by atoms with Crippen molar-refractivity contribution in [2.24, 2.45) is 0 Å². The van der Waals surface area contributed by atoms with Crippen molar-refractivity contribution in [3.8, 4) is 0 Å². The second-order valence-electron chi connectivity index (χ2n) is 12.7. The molecule has 2 fully saturated rings. The van der Waals surface area contributed by atoms with E-state index < -0.39 is 0 Å². The minimum Gasteiger partial charge on any atom is -0.393 e. The number of nitrogens with zero attached hydrogens (tertiary/aromatic N) is 5. The molecule has 212 valence electrons. The first-order valence-electron chi connectivity index (χ1n) is 14.9. The molecule has 5 rings (SSSR count). The van der Waals surface area contributed by atoms with Crippen LogP contribution in [-0.4, -0.2) is 73.3 Å². The maximum atomic E-state index is 14.2. The van der Waals surface area contributed by atoms with Gasteiger partial charge in [-0.3, -0.25) is 19.2 Å². The van der Waals surface area contributed by atoms with E-state index in [1.54, 1.807) is 0 Å². The van der Waals surface area contributed by atoms with E-state index in [-0.39, 0.29) is 29.3 Å². The molecule has 8 nitrogen and oxygen atoms in total. The fraction of sp³-hybridized carbons (Fsp3) is 0.645. The van der Waals surface area contributed by atoms with Gasteiger partial charge in [0.25, 0.3) is 5.56 Å². The Kier molecular flexibility index (Phi) is 8.26. The van der Waals surface area contributed by atoms with E-state index in [4.69, 9.17) is 4.98 Å². The third kappa shape index (κ3) is 6.13. The first-order valence-corrected chi connectivity index (χ1v) is 14.9. The highest BCUT2D eigenvalue weighted by Crippen LogP contribution is 2.32. The molecule has 1 aromatic carbocycles. The molecular weight excluding hydrogens is 488 g/mol. The summed E-state index contributed by atoms with van der Waals surface area (Å²) in [6, 6.07) is 6.62. The number of rotatable bonds is 7. The van der Waals surface area contributed by atoms with E-state index in [1.165, 1.54) is 5.56 Å². The van der Waals surface area contributed by atoms with Gasteiger partial charge in [0, 0.05) is 67.3 Å². The molecule has 3 heterocycles. The Morgan fingerprint density at radius 2 is 1.77 bits per heavy atom. The quantitative estimate of drug-likeness (QED) is 0.415. The number of benzene rings is 1. The van der Waals surface area contributed by atoms with Crippen LogP contribution in [0.1, 0.15) is 84.7 Å². The molecule has 8 heteroatoms. The summed E-state index contributed by atoms with van der Waals surface area (Å²) in [4.78, 5) is 28.8. The molecule has 0 radical (unpaired) electrons. The smallest absolute Gasteiger partial charge is 0.260 e. The van der Waals surface area contributed by atoms with Crippen molar-refractivity contribution in [2.45, 2.75) is 103 Å². The zero-order chi connectivity index (χ0) is 27.7. The molecule has 2 aromatic heterocycles. The molecule has 0 amide bonds. The van der Waals surface area contributed by atoms with E-state index >= 15 is 0 Å². The SMILES string of the molecule is CCC[C@H](C)Nc1ncc2c3ccc(CN4CCN(C(C)(C)C)CC4)cc3c(=O)n([C@H]3CC[C@H](O)CC3)c2n1. The average molecular weight is 535 g/mol. The van der Waals surface area contributed by atoms with Gasteiger partial charge >= 0.3 is 0 Å². The van der Waals surface area contributed by atoms with Crippen LogP contribution in [-0.2, 0) is 6.54 Å². The fourth-order valence-corrected chi connectivity index (χ4v) is 6.36. The molecule has 2 N–H and O–H groups in total. The van der Waals surface area contributed by atoms with Crippen LogP contribution in [0.4, 0.5) is 5.95 Å². The molecule has 0 spiro atoms. The normalized spacial score (nSPS) is 22.4. The van der Waals surface area contributed by atoms with Crippen LogP contribution in [0.15, 0.2) is 29.2 Å². The first-order chi connectivity index (χ1) is 18.6. The van der Waals surface area contributed by atoms with Crippen LogP contribution >= 0.6 is 0 Å². The zero-order valence-corrected chi connectivity index (χ0v) is 24.4. The maximum absolute atomic E-state index is 14.2. The van der Waals surface area contributed by atoms with Gasteiger partial charge in [-0.1, -0.05) is 25.5 Å². The number of aliphatic hydroxyl groups is 1. The lowest BCUT2D eigenvalue weighted by atomic mass is 9.92. The lowest BCUT2D eigenvalue weighted by molar-refractivity contribution is 0.0591. The van der Waals surface area contributed by atoms with Crippen LogP contribution < -0.4 is 10.9 Å². The predicted molar refractivity (Wildman–Crippen MR) is 159 cm³/mol. The summed E-state index contributed by atoms with van der Waals surface area (Å²) in [7, 11) is 0. The fourth-order valence-electron chi connectivity index (χ4n) is 6.36. The summed E-state index contributed by atoms with van der Waals surface area (Å²) in [6.07, 6.45) is 6.68. The Morgan fingerprint density at radius 1 is 1.05 bits per heavy atom. The van der Waals surface area contributed by atoms with Crippen LogP contribution in [0.5, 0.6) is 0 Å². The van der Waals surface area contributed by atoms with Crippen LogP contribution in [0, 0.1) is 0 Å². The Labute approximate surface area is 232 Å². The van der Waals surface area contributed by atoms with Gasteiger partial charge in [0.2, 0.25) is 5.95 Å². The van der Waals surface area contributed by atoms with Gasteiger partial charge in [-0.2, -0.15) is 4.98 Å². The van der Waals surface area contributed by atoms with Crippen molar-refractivity contribution < 1.29 is 5.11 Å². The molecule has 39 heavy (non-hydrogen) atoms. The Balaban J connectivity index is 1.51. The van der Waals surface area contributed by atoms with E-state index in [0.29, 0.717) is 24.4 Å². The van der Waals surface area contributed by atoms with Crippen molar-refractivity contribution in [3.05, 3.63) is 40.3 Å². The lowest BCUT2D eigenvalue weighted by Gasteiger charge is -2.42. The van der Waals surface area contributed by atoms with Crippen molar-refractivity contribution in [3.63, 3.8) is 0 Å². The Hall–Kier alpha value is -2.55. The summed E-state index contributed by atoms with van der Waals surface area (Å²) in [5.41, 5.74) is 2.08. The van der Waals surface area contributed by atoms with Crippen LogP contribution in [0.25, 0.3) is 21.8 Å². The minimum absolute atomic E-state index is 0.0181. The monoisotopic (exact) mass is 534 g/mol. The average Bonchev–Trinajstić information content (AvgIpc) is 2.90. The Bertz CT molecular complexity index is 1350. The number of aliphatic hydroxyl groups excluding tert-OH is 1. The van der Waals surface area contributed by atoms with Crippen molar-refractivity contribution >= 4 is 27.8 Å². The number of nitrogens with one attached hydrogen (secondary N) is 1. The number of hydrogen-bond donors (Lipinski definition) is 2. The number of aromatic nitrogens is 3. The van der Waals surface area contributed by atoms with E-state index in [9.17, 15) is 9.90 Å². The second-order valence-corrected chi connectivity index (χ2v) is 12.7. The van der Waals surface area contributed by atoms with Crippen molar-refractivity contribution in [1.29, 1.82) is 0 Å². The summed E-state index contributed by atoms with van der Waals surface area (Å²) in [5, 5.41) is 16.1. The summed E-state index contributed by atoms with van der Waals surface area (Å²) < 4.78 is 1.91. The molecule has 1 aliphatic heterocycles. The molecule has 3 aromatic rings. The van der Waals surface area contributed by atoms with Gasteiger partial charge in [-0.25, -0.2) is 4.98 Å². The molecule has 1 atom stereocenters. The van der Waals surface area contributed by atoms with E-state index in [1.807, 2.05) is 10.8 Å². The molecular formula is C31H46N6O2. The number of hydrogen-bond acceptors (Lipinski definition) is 7. The van der Waals surface area contributed by atoms with Gasteiger partial charge in [-0.15, -0.1) is 0 Å². The largest absolute Gasteiger partial charge is 0.393 e. The van der Waals surface area contributed by atoms with Gasteiger partial charge in [0.05, 0.1) is 6.10 Å². The number of anilines is 1. The van der Waals surface area contributed by atoms with Crippen molar-refractivity contribution in [1.82, 2.24) is 24.3 Å². The van der Waals surface area contributed by atoms with Gasteiger partial charge < -0.3 is 10.4 Å². The van der Waals surface area contributed by atoms with Crippen molar-refractivity contribution in [2.75, 3.05) is 31.5 Å². The van der Waals surface area contributed by atoms with Gasteiger partial charge in [0.1, 0.15) is 5.65 Å². The van der Waals surface area contributed by atoms with E-state index in [0.717, 1.165) is 74.6 Å². The molecule has 2 aliphatic rings. The highest BCUT2D eigenvalue weighted by molar-refractivity contribution is 6.04. The van der Waals surface area contributed by atoms with Crippen LogP contribution in [0.2, 0.25) is 0 Å². The van der Waals surface area contributed by atoms with E-state index in [2.05, 4.69) is 72.9 Å². The number of pyridine rings is 1. The molecule has 0 bridgehead atoms. The van der Waals surface area contributed by atoms with Gasteiger partial charge in [0.15, 0.2) is 0 Å². The standard InChI is InChI=1S/C31H46N6O2/c1-6-7-21(2)33-30-32-19-27-25-13-8-22(20-35-14-16-36(17-15-35)31(3,4)5)18-26(25)29(39)37(28(27)34-30)23-9-11-24(38)12-10-23/h8,13,18-19,21,23-24,38H,6-7,9-12,14-17,20H2,1-5H3,(H,32,33,34)/t21-,23-,24-/m0/s1.